The molecule has 0 spiro atoms. The molecule has 0 saturated carbocycles. The summed E-state index contributed by atoms with van der Waals surface area (Å²) in [6, 6.07) is 1.89. The van der Waals surface area contributed by atoms with Gasteiger partial charge in [-0.15, -0.1) is 0 Å². The van der Waals surface area contributed by atoms with E-state index in [9.17, 15) is 0 Å². The molecule has 1 saturated heterocycles. The molecule has 0 aromatic rings. The van der Waals surface area contributed by atoms with Gasteiger partial charge >= 0.3 is 0 Å². The van der Waals surface area contributed by atoms with Crippen molar-refractivity contribution >= 4 is 0 Å². The third-order valence-corrected chi connectivity index (χ3v) is 1.40. The van der Waals surface area contributed by atoms with Gasteiger partial charge < -0.3 is 14.6 Å². The normalized spacial score (nSPS) is 22.4. The SMILES string of the molecule is N#CCC1(CO)OCCO1. The molecule has 0 radical (unpaired) electrons. The maximum atomic E-state index is 8.75. The number of hydrogen-bond donors (Lipinski definition) is 1. The Labute approximate surface area is 59.0 Å². The highest BCUT2D eigenvalue weighted by Crippen LogP contribution is 2.21. The zero-order valence-electron chi connectivity index (χ0n) is 5.54. The van der Waals surface area contributed by atoms with Gasteiger partial charge in [0.25, 0.3) is 0 Å². The van der Waals surface area contributed by atoms with Crippen LogP contribution in [0.2, 0.25) is 0 Å². The second-order valence-corrected chi connectivity index (χ2v) is 2.10. The van der Waals surface area contributed by atoms with Crippen LogP contribution < -0.4 is 0 Å². The van der Waals surface area contributed by atoms with E-state index in [0.717, 1.165) is 0 Å². The molecule has 1 rings (SSSR count). The summed E-state index contributed by atoms with van der Waals surface area (Å²) >= 11 is 0. The molecule has 0 atom stereocenters. The second kappa shape index (κ2) is 2.97. The van der Waals surface area contributed by atoms with E-state index < -0.39 is 5.79 Å². The van der Waals surface area contributed by atoms with E-state index in [1.165, 1.54) is 0 Å². The first-order valence-corrected chi connectivity index (χ1v) is 3.09. The highest BCUT2D eigenvalue weighted by atomic mass is 16.7. The Morgan fingerprint density at radius 3 is 2.50 bits per heavy atom. The van der Waals surface area contributed by atoms with E-state index in [1.807, 2.05) is 6.07 Å². The largest absolute Gasteiger partial charge is 0.391 e. The van der Waals surface area contributed by atoms with Crippen LogP contribution in [0.15, 0.2) is 0 Å². The standard InChI is InChI=1S/C6H9NO3/c7-2-1-6(5-8)9-3-4-10-6/h8H,1,3-5H2. The fraction of sp³-hybridized carbons (Fsp3) is 0.833. The molecule has 0 aliphatic carbocycles. The number of nitrogens with zero attached hydrogens (tertiary/aromatic N) is 1. The van der Waals surface area contributed by atoms with Crippen LogP contribution >= 0.6 is 0 Å². The molecule has 0 aromatic heterocycles. The lowest BCUT2D eigenvalue weighted by molar-refractivity contribution is -0.178. The van der Waals surface area contributed by atoms with Gasteiger partial charge in [-0.2, -0.15) is 5.26 Å². The van der Waals surface area contributed by atoms with Crippen molar-refractivity contribution in [2.75, 3.05) is 19.8 Å². The Hall–Kier alpha value is -0.630. The molecule has 4 heteroatoms. The fourth-order valence-corrected chi connectivity index (χ4v) is 0.867. The molecule has 1 fully saturated rings. The summed E-state index contributed by atoms with van der Waals surface area (Å²) in [5, 5.41) is 17.0. The predicted octanol–water partition coefficient (Wildman–Crippen LogP) is -0.365. The zero-order chi connectivity index (χ0) is 7.45. The predicted molar refractivity (Wildman–Crippen MR) is 32.0 cm³/mol. The summed E-state index contributed by atoms with van der Waals surface area (Å²) in [5.74, 6) is -1.02. The molecule has 1 heterocycles. The molecule has 0 unspecified atom stereocenters. The van der Waals surface area contributed by atoms with Gasteiger partial charge in [-0.1, -0.05) is 0 Å². The highest BCUT2D eigenvalue weighted by molar-refractivity contribution is 4.85. The monoisotopic (exact) mass is 143 g/mol. The first-order valence-electron chi connectivity index (χ1n) is 3.09. The molecule has 0 aromatic carbocycles. The van der Waals surface area contributed by atoms with Crippen LogP contribution in [-0.2, 0) is 9.47 Å². The van der Waals surface area contributed by atoms with Crippen molar-refractivity contribution in [1.82, 2.24) is 0 Å². The average molecular weight is 143 g/mol. The van der Waals surface area contributed by atoms with E-state index in [0.29, 0.717) is 13.2 Å². The Morgan fingerprint density at radius 2 is 2.10 bits per heavy atom. The van der Waals surface area contributed by atoms with Crippen LogP contribution in [0.1, 0.15) is 6.42 Å². The van der Waals surface area contributed by atoms with Crippen LogP contribution in [-0.4, -0.2) is 30.7 Å². The van der Waals surface area contributed by atoms with Gasteiger partial charge in [0.15, 0.2) is 0 Å². The lowest BCUT2D eigenvalue weighted by Crippen LogP contribution is -2.33. The van der Waals surface area contributed by atoms with E-state index >= 15 is 0 Å². The number of nitriles is 1. The minimum atomic E-state index is -1.02. The van der Waals surface area contributed by atoms with Crippen LogP contribution in [0.3, 0.4) is 0 Å². The molecular formula is C6H9NO3. The number of aliphatic hydroxyl groups is 1. The van der Waals surface area contributed by atoms with Crippen molar-refractivity contribution in [2.45, 2.75) is 12.2 Å². The molecular weight excluding hydrogens is 134 g/mol. The summed E-state index contributed by atoms with van der Waals surface area (Å²) in [6.07, 6.45) is 0.0868. The maximum Gasteiger partial charge on any atom is 0.205 e. The van der Waals surface area contributed by atoms with Crippen molar-refractivity contribution in [1.29, 1.82) is 5.26 Å². The minimum Gasteiger partial charge on any atom is -0.391 e. The Kier molecular flexibility index (Phi) is 2.22. The number of ether oxygens (including phenoxy) is 2. The Balaban J connectivity index is 2.51. The smallest absolute Gasteiger partial charge is 0.205 e. The number of aliphatic hydroxyl groups excluding tert-OH is 1. The number of hydrogen-bond acceptors (Lipinski definition) is 4. The van der Waals surface area contributed by atoms with Gasteiger partial charge in [0, 0.05) is 0 Å². The van der Waals surface area contributed by atoms with Gasteiger partial charge in [0.05, 0.1) is 32.3 Å². The second-order valence-electron chi connectivity index (χ2n) is 2.10. The Bertz CT molecular complexity index is 146. The van der Waals surface area contributed by atoms with E-state index in [4.69, 9.17) is 19.8 Å². The number of rotatable bonds is 2. The summed E-state index contributed by atoms with van der Waals surface area (Å²) in [6.45, 7) is 0.672. The lowest BCUT2D eigenvalue weighted by Gasteiger charge is -2.20. The van der Waals surface area contributed by atoms with Crippen LogP contribution in [0, 0.1) is 11.3 Å². The molecule has 0 bridgehead atoms. The molecule has 56 valence electrons. The quantitative estimate of drug-likeness (QED) is 0.573. The van der Waals surface area contributed by atoms with Crippen molar-refractivity contribution in [3.63, 3.8) is 0 Å². The van der Waals surface area contributed by atoms with E-state index in [1.54, 1.807) is 0 Å². The first-order chi connectivity index (χ1) is 4.83. The van der Waals surface area contributed by atoms with Crippen LogP contribution in [0.25, 0.3) is 0 Å². The van der Waals surface area contributed by atoms with Gasteiger partial charge in [0.2, 0.25) is 5.79 Å². The van der Waals surface area contributed by atoms with Gasteiger partial charge in [0.1, 0.15) is 0 Å². The van der Waals surface area contributed by atoms with Gasteiger partial charge in [-0.3, -0.25) is 0 Å². The molecule has 10 heavy (non-hydrogen) atoms. The maximum absolute atomic E-state index is 8.75. The first kappa shape index (κ1) is 7.48. The zero-order valence-corrected chi connectivity index (χ0v) is 5.54. The summed E-state index contributed by atoms with van der Waals surface area (Å²) in [7, 11) is 0. The van der Waals surface area contributed by atoms with Crippen LogP contribution in [0.4, 0.5) is 0 Å². The fourth-order valence-electron chi connectivity index (χ4n) is 0.867. The highest BCUT2D eigenvalue weighted by Gasteiger charge is 2.35. The van der Waals surface area contributed by atoms with Crippen molar-refractivity contribution < 1.29 is 14.6 Å². The van der Waals surface area contributed by atoms with E-state index in [-0.39, 0.29) is 13.0 Å². The summed E-state index contributed by atoms with van der Waals surface area (Å²) in [4.78, 5) is 0. The molecule has 1 N–H and O–H groups in total. The van der Waals surface area contributed by atoms with Gasteiger partial charge in [-0.25, -0.2) is 0 Å². The minimum absolute atomic E-state index is 0.0868. The average Bonchev–Trinajstić information content (AvgIpc) is 2.39. The molecule has 0 amide bonds. The van der Waals surface area contributed by atoms with Crippen molar-refractivity contribution in [3.05, 3.63) is 0 Å². The van der Waals surface area contributed by atoms with Crippen molar-refractivity contribution in [2.24, 2.45) is 0 Å². The summed E-state index contributed by atoms with van der Waals surface area (Å²) < 4.78 is 10.1. The Morgan fingerprint density at radius 1 is 1.50 bits per heavy atom. The topological polar surface area (TPSA) is 62.5 Å². The molecule has 1 aliphatic rings. The lowest BCUT2D eigenvalue weighted by atomic mass is 10.2. The third kappa shape index (κ3) is 1.27. The third-order valence-electron chi connectivity index (χ3n) is 1.40. The van der Waals surface area contributed by atoms with Crippen molar-refractivity contribution in [3.8, 4) is 6.07 Å². The molecule has 1 aliphatic heterocycles. The molecule has 4 nitrogen and oxygen atoms in total. The van der Waals surface area contributed by atoms with Crippen LogP contribution in [0.5, 0.6) is 0 Å². The van der Waals surface area contributed by atoms with E-state index in [2.05, 4.69) is 0 Å². The van der Waals surface area contributed by atoms with Gasteiger partial charge in [-0.05, 0) is 0 Å². The summed E-state index contributed by atoms with van der Waals surface area (Å²) in [5.41, 5.74) is 0.